The fourth-order valence-corrected chi connectivity index (χ4v) is 10.1. The third-order valence-corrected chi connectivity index (χ3v) is 13.0. The number of fused-ring (bicyclic) bond motifs is 5. The number of morpholine rings is 1. The number of Topliss-reactive ketones (excluding diaryl/α,β-unsaturated/α-hetero) is 1. The van der Waals surface area contributed by atoms with Gasteiger partial charge in [0.1, 0.15) is 11.5 Å². The Morgan fingerprint density at radius 3 is 2.48 bits per heavy atom. The van der Waals surface area contributed by atoms with Gasteiger partial charge in [0, 0.05) is 65.0 Å². The van der Waals surface area contributed by atoms with Crippen molar-refractivity contribution in [3.63, 3.8) is 0 Å². The fraction of sp³-hybridized carbons (Fsp3) is 0.622. The Morgan fingerprint density at radius 1 is 1.04 bits per heavy atom. The topological polar surface area (TPSA) is 84.9 Å². The lowest BCUT2D eigenvalue weighted by molar-refractivity contribution is -0.284. The molecular weight excluding hydrogens is 679 g/mol. The highest BCUT2D eigenvalue weighted by Gasteiger charge is 2.57. The van der Waals surface area contributed by atoms with Crippen LogP contribution in [0.25, 0.3) is 0 Å². The van der Waals surface area contributed by atoms with Crippen LogP contribution < -0.4 is 15.0 Å². The second kappa shape index (κ2) is 14.9. The molecule has 6 atom stereocenters. The normalized spacial score (nSPS) is 27.2. The molecule has 50 heavy (non-hydrogen) atoms. The van der Waals surface area contributed by atoms with Crippen LogP contribution in [0.5, 0.6) is 5.75 Å². The predicted molar refractivity (Wildman–Crippen MR) is 181 cm³/mol. The van der Waals surface area contributed by atoms with E-state index in [0.717, 1.165) is 43.6 Å². The minimum absolute atomic E-state index is 0.156. The Labute approximate surface area is 292 Å². The molecule has 1 unspecified atom stereocenters. The molecule has 2 saturated carbocycles. The van der Waals surface area contributed by atoms with E-state index in [9.17, 15) is 35.8 Å². The molecule has 1 aliphatic heterocycles. The van der Waals surface area contributed by atoms with Gasteiger partial charge in [-0.2, -0.15) is 22.0 Å². The molecule has 1 heterocycles. The number of rotatable bonds is 11. The van der Waals surface area contributed by atoms with Crippen molar-refractivity contribution in [2.24, 2.45) is 23.2 Å². The van der Waals surface area contributed by atoms with Gasteiger partial charge in [0.05, 0.1) is 13.2 Å². The lowest BCUT2D eigenvalue weighted by Crippen LogP contribution is -2.46. The number of anilines is 2. The number of nitrogens with one attached hydrogen (secondary N) is 1. The van der Waals surface area contributed by atoms with Crippen molar-refractivity contribution >= 4 is 34.1 Å². The quantitative estimate of drug-likeness (QED) is 0.235. The van der Waals surface area contributed by atoms with Crippen LogP contribution in [0.2, 0.25) is 0 Å². The molecule has 2 aromatic carbocycles. The van der Waals surface area contributed by atoms with Gasteiger partial charge in [0.25, 0.3) is 0 Å². The summed E-state index contributed by atoms with van der Waals surface area (Å²) in [6, 6.07) is 13.3. The van der Waals surface area contributed by atoms with Gasteiger partial charge < -0.3 is 14.4 Å². The fourth-order valence-electron chi connectivity index (χ4n) is 8.92. The van der Waals surface area contributed by atoms with E-state index in [4.69, 9.17) is 9.47 Å². The van der Waals surface area contributed by atoms with Gasteiger partial charge in [-0.05, 0) is 116 Å². The number of carbonyl (C=O) groups excluding carboxylic acids is 2. The number of carbonyl (C=O) groups is 2. The van der Waals surface area contributed by atoms with E-state index in [1.54, 1.807) is 0 Å². The Morgan fingerprint density at radius 2 is 1.76 bits per heavy atom. The maximum absolute atomic E-state index is 13.3. The zero-order chi connectivity index (χ0) is 35.7. The van der Waals surface area contributed by atoms with Crippen LogP contribution in [0.15, 0.2) is 42.5 Å². The standard InChI is InChI=1S/C37H45F5N2O5S/c1-35-15-13-30-29-10-9-28(49-34(46)43-26-5-7-27(8-6-26)44-16-18-48-19-17-44)23-25(29)22-24(33(30)31(35)11-12-32(35)45)4-2-20-50(47)21-3-14-36(38,39)37(40,41)42/h5-10,23-24,30-31,33H,2-4,11-22H2,1H3,(H,43,46)/t24-,30-,31+,33-,35+,50?/m1/s1. The summed E-state index contributed by atoms with van der Waals surface area (Å²) in [5.41, 5.74) is 3.56. The van der Waals surface area contributed by atoms with Crippen LogP contribution in [0.4, 0.5) is 38.1 Å². The number of benzene rings is 2. The lowest BCUT2D eigenvalue weighted by atomic mass is 9.52. The molecule has 13 heteroatoms. The Kier molecular flexibility index (Phi) is 10.9. The lowest BCUT2D eigenvalue weighted by Gasteiger charge is -2.51. The second-order valence-corrected chi connectivity index (χ2v) is 16.2. The Hall–Kier alpha value is -3.06. The molecule has 4 aliphatic rings. The Balaban J connectivity index is 1.10. The van der Waals surface area contributed by atoms with Gasteiger partial charge >= 0.3 is 18.2 Å². The molecule has 1 saturated heterocycles. The first-order valence-corrected chi connectivity index (χ1v) is 19.1. The second-order valence-electron chi connectivity index (χ2n) is 14.5. The molecule has 7 nitrogen and oxygen atoms in total. The minimum atomic E-state index is -5.61. The van der Waals surface area contributed by atoms with E-state index >= 15 is 0 Å². The number of alkyl halides is 5. The predicted octanol–water partition coefficient (Wildman–Crippen LogP) is 8.29. The number of halogens is 5. The maximum Gasteiger partial charge on any atom is 0.453 e. The summed E-state index contributed by atoms with van der Waals surface area (Å²) in [7, 11) is -1.52. The molecule has 3 fully saturated rings. The van der Waals surface area contributed by atoms with E-state index in [1.165, 1.54) is 5.56 Å². The molecule has 2 aromatic rings. The van der Waals surface area contributed by atoms with E-state index in [-0.39, 0.29) is 40.6 Å². The van der Waals surface area contributed by atoms with Crippen molar-refractivity contribution in [1.82, 2.24) is 0 Å². The smallest absolute Gasteiger partial charge is 0.410 e. The van der Waals surface area contributed by atoms with Crippen molar-refractivity contribution in [2.75, 3.05) is 48.0 Å². The number of nitrogens with zero attached hydrogens (tertiary/aromatic N) is 1. The third-order valence-electron chi connectivity index (χ3n) is 11.5. The molecule has 274 valence electrons. The molecule has 0 radical (unpaired) electrons. The van der Waals surface area contributed by atoms with Gasteiger partial charge in [-0.1, -0.05) is 13.0 Å². The van der Waals surface area contributed by atoms with Crippen molar-refractivity contribution in [3.05, 3.63) is 53.6 Å². The number of amides is 1. The van der Waals surface area contributed by atoms with Gasteiger partial charge in [0.15, 0.2) is 0 Å². The highest BCUT2D eigenvalue weighted by atomic mass is 32.2. The van der Waals surface area contributed by atoms with Crippen LogP contribution in [0.1, 0.15) is 75.3 Å². The first-order valence-electron chi connectivity index (χ1n) is 17.6. The average molecular weight is 725 g/mol. The number of ketones is 1. The zero-order valence-corrected chi connectivity index (χ0v) is 29.1. The Bertz CT molecular complexity index is 1560. The summed E-state index contributed by atoms with van der Waals surface area (Å²) < 4.78 is 87.9. The van der Waals surface area contributed by atoms with Gasteiger partial charge in [-0.3, -0.25) is 14.3 Å². The molecular formula is C37H45F5N2O5S. The number of hydrogen-bond acceptors (Lipinski definition) is 6. The molecule has 6 rings (SSSR count). The van der Waals surface area contributed by atoms with Crippen LogP contribution in [-0.2, 0) is 26.8 Å². The van der Waals surface area contributed by atoms with Gasteiger partial charge in [0.2, 0.25) is 0 Å². The SMILES string of the molecule is C[C@]12CC[C@@H]3c4ccc(OC(=O)Nc5ccc(N6CCOCC6)cc5)cc4C[C@@H](CCCS(=O)CCCC(F)(F)C(F)(F)F)[C@H]3[C@@H]1CCC2=O. The largest absolute Gasteiger partial charge is 0.453 e. The van der Waals surface area contributed by atoms with E-state index in [1.807, 2.05) is 42.5 Å². The summed E-state index contributed by atoms with van der Waals surface area (Å²) in [4.78, 5) is 28.1. The van der Waals surface area contributed by atoms with Crippen LogP contribution in [-0.4, -0.2) is 66.0 Å². The summed E-state index contributed by atoms with van der Waals surface area (Å²) in [6.45, 7) is 5.07. The van der Waals surface area contributed by atoms with Crippen LogP contribution >= 0.6 is 0 Å². The summed E-state index contributed by atoms with van der Waals surface area (Å²) in [6.07, 6.45) is -3.10. The summed E-state index contributed by atoms with van der Waals surface area (Å²) in [5, 5.41) is 2.79. The van der Waals surface area contributed by atoms with Crippen molar-refractivity contribution in [3.8, 4) is 5.75 Å². The molecule has 1 N–H and O–H groups in total. The summed E-state index contributed by atoms with van der Waals surface area (Å²) in [5.74, 6) is -3.22. The number of hydrogen-bond donors (Lipinski definition) is 1. The van der Waals surface area contributed by atoms with E-state index < -0.39 is 41.8 Å². The van der Waals surface area contributed by atoms with Crippen LogP contribution in [0.3, 0.4) is 0 Å². The molecule has 0 aromatic heterocycles. The van der Waals surface area contributed by atoms with Crippen molar-refractivity contribution < 1.29 is 45.2 Å². The molecule has 0 bridgehead atoms. The van der Waals surface area contributed by atoms with Crippen LogP contribution in [0, 0.1) is 23.2 Å². The first-order chi connectivity index (χ1) is 23.7. The van der Waals surface area contributed by atoms with E-state index in [0.29, 0.717) is 56.1 Å². The first kappa shape index (κ1) is 36.7. The van der Waals surface area contributed by atoms with Crippen molar-refractivity contribution in [2.45, 2.75) is 82.7 Å². The highest BCUT2D eigenvalue weighted by Crippen LogP contribution is 2.61. The summed E-state index contributed by atoms with van der Waals surface area (Å²) >= 11 is 0. The monoisotopic (exact) mass is 724 g/mol. The zero-order valence-electron chi connectivity index (χ0n) is 28.2. The van der Waals surface area contributed by atoms with Gasteiger partial charge in [-0.25, -0.2) is 4.79 Å². The highest BCUT2D eigenvalue weighted by molar-refractivity contribution is 7.84. The van der Waals surface area contributed by atoms with E-state index in [2.05, 4.69) is 17.1 Å². The maximum atomic E-state index is 13.3. The minimum Gasteiger partial charge on any atom is -0.410 e. The number of ether oxygens (including phenoxy) is 2. The molecule has 0 spiro atoms. The average Bonchev–Trinajstić information content (AvgIpc) is 3.38. The van der Waals surface area contributed by atoms with Crippen molar-refractivity contribution in [1.29, 1.82) is 0 Å². The molecule has 1 amide bonds. The third kappa shape index (κ3) is 7.88. The molecule has 3 aliphatic carbocycles. The van der Waals surface area contributed by atoms with Gasteiger partial charge in [-0.15, -0.1) is 0 Å².